The molecule has 1 N–H and O–H groups in total. The molecule has 0 radical (unpaired) electrons. The van der Waals surface area contributed by atoms with Gasteiger partial charge in [-0.2, -0.15) is 0 Å². The van der Waals surface area contributed by atoms with E-state index in [4.69, 9.17) is 11.6 Å². The third-order valence-electron chi connectivity index (χ3n) is 2.81. The Labute approximate surface area is 128 Å². The number of amides is 1. The Kier molecular flexibility index (Phi) is 5.46. The quantitative estimate of drug-likeness (QED) is 0.864. The standard InChI is InChI=1S/C16H16ClN3O/c1-12(9-13-3-2-4-14(17)10-13)20-16(21)6-5-15-11-18-7-8-19-15/h2-8,10-12H,9H2,1H3,(H,20,21)/b6-5-/t12-/m0/s1. The van der Waals surface area contributed by atoms with Crippen molar-refractivity contribution < 1.29 is 4.79 Å². The molecule has 0 aliphatic heterocycles. The molecule has 0 fully saturated rings. The summed E-state index contributed by atoms with van der Waals surface area (Å²) in [6.45, 7) is 1.95. The van der Waals surface area contributed by atoms with Crippen LogP contribution in [0.15, 0.2) is 48.9 Å². The summed E-state index contributed by atoms with van der Waals surface area (Å²) in [6.07, 6.45) is 8.58. The van der Waals surface area contributed by atoms with E-state index < -0.39 is 0 Å². The molecule has 0 saturated heterocycles. The van der Waals surface area contributed by atoms with Crippen LogP contribution < -0.4 is 5.32 Å². The number of carbonyl (C=O) groups excluding carboxylic acids is 1. The summed E-state index contributed by atoms with van der Waals surface area (Å²) < 4.78 is 0. The molecule has 108 valence electrons. The van der Waals surface area contributed by atoms with Crippen molar-refractivity contribution in [3.63, 3.8) is 0 Å². The zero-order valence-corrected chi connectivity index (χ0v) is 12.4. The van der Waals surface area contributed by atoms with Crippen molar-refractivity contribution in [1.82, 2.24) is 15.3 Å². The first-order chi connectivity index (χ1) is 10.1. The highest BCUT2D eigenvalue weighted by atomic mass is 35.5. The number of hydrogen-bond acceptors (Lipinski definition) is 3. The van der Waals surface area contributed by atoms with Crippen molar-refractivity contribution in [1.29, 1.82) is 0 Å². The zero-order valence-electron chi connectivity index (χ0n) is 11.7. The molecule has 21 heavy (non-hydrogen) atoms. The number of nitrogens with one attached hydrogen (secondary N) is 1. The molecule has 4 nitrogen and oxygen atoms in total. The van der Waals surface area contributed by atoms with Crippen molar-refractivity contribution in [2.45, 2.75) is 19.4 Å². The van der Waals surface area contributed by atoms with Crippen LogP contribution in [0.25, 0.3) is 6.08 Å². The van der Waals surface area contributed by atoms with Gasteiger partial charge < -0.3 is 5.32 Å². The van der Waals surface area contributed by atoms with Gasteiger partial charge in [0.2, 0.25) is 5.91 Å². The van der Waals surface area contributed by atoms with Crippen LogP contribution >= 0.6 is 11.6 Å². The fourth-order valence-electron chi connectivity index (χ4n) is 1.92. The average molecular weight is 302 g/mol. The van der Waals surface area contributed by atoms with E-state index in [1.165, 1.54) is 6.08 Å². The van der Waals surface area contributed by atoms with Gasteiger partial charge >= 0.3 is 0 Å². The smallest absolute Gasteiger partial charge is 0.244 e. The number of halogens is 1. The van der Waals surface area contributed by atoms with Gasteiger partial charge in [-0.05, 0) is 37.1 Å². The zero-order chi connectivity index (χ0) is 15.1. The topological polar surface area (TPSA) is 54.9 Å². The summed E-state index contributed by atoms with van der Waals surface area (Å²) in [5, 5.41) is 3.60. The molecule has 1 atom stereocenters. The van der Waals surface area contributed by atoms with Crippen LogP contribution in [-0.4, -0.2) is 21.9 Å². The summed E-state index contributed by atoms with van der Waals surface area (Å²) in [6, 6.07) is 7.64. The molecule has 0 aliphatic rings. The monoisotopic (exact) mass is 301 g/mol. The third-order valence-corrected chi connectivity index (χ3v) is 3.04. The van der Waals surface area contributed by atoms with Gasteiger partial charge in [-0.15, -0.1) is 0 Å². The van der Waals surface area contributed by atoms with E-state index in [0.29, 0.717) is 10.7 Å². The van der Waals surface area contributed by atoms with Crippen molar-refractivity contribution in [2.75, 3.05) is 0 Å². The number of nitrogens with zero attached hydrogens (tertiary/aromatic N) is 2. The van der Waals surface area contributed by atoms with Gasteiger partial charge in [0, 0.05) is 29.5 Å². The van der Waals surface area contributed by atoms with Crippen LogP contribution in [0.3, 0.4) is 0 Å². The van der Waals surface area contributed by atoms with E-state index in [9.17, 15) is 4.79 Å². The fourth-order valence-corrected chi connectivity index (χ4v) is 2.13. The molecule has 1 aromatic carbocycles. The highest BCUT2D eigenvalue weighted by Crippen LogP contribution is 2.12. The Morgan fingerprint density at radius 1 is 1.43 bits per heavy atom. The number of rotatable bonds is 5. The number of aromatic nitrogens is 2. The molecular formula is C16H16ClN3O. The maximum absolute atomic E-state index is 11.8. The largest absolute Gasteiger partial charge is 0.350 e. The first-order valence-corrected chi connectivity index (χ1v) is 7.00. The van der Waals surface area contributed by atoms with Gasteiger partial charge in [-0.25, -0.2) is 0 Å². The highest BCUT2D eigenvalue weighted by Gasteiger charge is 2.06. The fraction of sp³-hybridized carbons (Fsp3) is 0.188. The Morgan fingerprint density at radius 2 is 2.29 bits per heavy atom. The van der Waals surface area contributed by atoms with Crippen molar-refractivity contribution in [3.05, 3.63) is 65.2 Å². The third kappa shape index (κ3) is 5.36. The van der Waals surface area contributed by atoms with Crippen LogP contribution in [0.5, 0.6) is 0 Å². The SMILES string of the molecule is C[C@@H](Cc1cccc(Cl)c1)NC(=O)/C=C\c1cnccn1. The van der Waals surface area contributed by atoms with Gasteiger partial charge in [0.05, 0.1) is 11.9 Å². The van der Waals surface area contributed by atoms with Crippen LogP contribution in [-0.2, 0) is 11.2 Å². The predicted octanol–water partition coefficient (Wildman–Crippen LogP) is 2.89. The van der Waals surface area contributed by atoms with Crippen molar-refractivity contribution >= 4 is 23.6 Å². The molecule has 0 unspecified atom stereocenters. The molecule has 2 aromatic rings. The van der Waals surface area contributed by atoms with E-state index in [2.05, 4.69) is 15.3 Å². The first kappa shape index (κ1) is 15.2. The van der Waals surface area contributed by atoms with Gasteiger partial charge in [0.15, 0.2) is 0 Å². The van der Waals surface area contributed by atoms with E-state index in [1.807, 2.05) is 31.2 Å². The Balaban J connectivity index is 1.86. The van der Waals surface area contributed by atoms with E-state index in [1.54, 1.807) is 24.7 Å². The lowest BCUT2D eigenvalue weighted by Gasteiger charge is -2.12. The van der Waals surface area contributed by atoms with Crippen molar-refractivity contribution in [2.24, 2.45) is 0 Å². The maximum Gasteiger partial charge on any atom is 0.244 e. The second kappa shape index (κ2) is 7.55. The van der Waals surface area contributed by atoms with Gasteiger partial charge in [0.1, 0.15) is 0 Å². The second-order valence-corrected chi connectivity index (χ2v) is 5.14. The van der Waals surface area contributed by atoms with Gasteiger partial charge in [-0.1, -0.05) is 23.7 Å². The average Bonchev–Trinajstić information content (AvgIpc) is 2.46. The highest BCUT2D eigenvalue weighted by molar-refractivity contribution is 6.30. The Morgan fingerprint density at radius 3 is 3.00 bits per heavy atom. The number of benzene rings is 1. The van der Waals surface area contributed by atoms with Crippen molar-refractivity contribution in [3.8, 4) is 0 Å². The predicted molar refractivity (Wildman–Crippen MR) is 83.8 cm³/mol. The lowest BCUT2D eigenvalue weighted by atomic mass is 10.1. The molecule has 0 saturated carbocycles. The van der Waals surface area contributed by atoms with Crippen LogP contribution in [0.4, 0.5) is 0 Å². The number of hydrogen-bond donors (Lipinski definition) is 1. The molecule has 5 heteroatoms. The summed E-state index contributed by atoms with van der Waals surface area (Å²) >= 11 is 5.94. The van der Waals surface area contributed by atoms with Crippen LogP contribution in [0, 0.1) is 0 Å². The Bertz CT molecular complexity index is 628. The lowest BCUT2D eigenvalue weighted by molar-refractivity contribution is -0.117. The molecule has 1 amide bonds. The molecule has 2 rings (SSSR count). The molecule has 0 bridgehead atoms. The Hall–Kier alpha value is -2.20. The molecule has 1 aromatic heterocycles. The van der Waals surface area contributed by atoms with Gasteiger partial charge in [0.25, 0.3) is 0 Å². The minimum absolute atomic E-state index is 0.0162. The van der Waals surface area contributed by atoms with Crippen LogP contribution in [0.2, 0.25) is 5.02 Å². The summed E-state index contributed by atoms with van der Waals surface area (Å²) in [4.78, 5) is 19.8. The van der Waals surface area contributed by atoms with E-state index in [-0.39, 0.29) is 11.9 Å². The normalized spacial score (nSPS) is 12.3. The summed E-state index contributed by atoms with van der Waals surface area (Å²) in [7, 11) is 0. The van der Waals surface area contributed by atoms with E-state index in [0.717, 1.165) is 12.0 Å². The second-order valence-electron chi connectivity index (χ2n) is 4.71. The maximum atomic E-state index is 11.8. The summed E-state index contributed by atoms with van der Waals surface area (Å²) in [5.41, 5.74) is 1.74. The summed E-state index contributed by atoms with van der Waals surface area (Å²) in [5.74, 6) is -0.157. The van der Waals surface area contributed by atoms with E-state index >= 15 is 0 Å². The lowest BCUT2D eigenvalue weighted by Crippen LogP contribution is -2.32. The molecule has 1 heterocycles. The minimum atomic E-state index is -0.157. The first-order valence-electron chi connectivity index (χ1n) is 6.62. The minimum Gasteiger partial charge on any atom is -0.350 e. The molecule has 0 spiro atoms. The molecular weight excluding hydrogens is 286 g/mol. The molecule has 0 aliphatic carbocycles. The number of carbonyl (C=O) groups is 1. The van der Waals surface area contributed by atoms with Crippen LogP contribution in [0.1, 0.15) is 18.2 Å². The van der Waals surface area contributed by atoms with Gasteiger partial charge in [-0.3, -0.25) is 14.8 Å².